The van der Waals surface area contributed by atoms with E-state index in [1.54, 1.807) is 36.4 Å². The SMILES string of the molecule is Cc1ccc(CC(C(=O)Nc2ccc(I)cc2)N2C(=O)c3ccccc3C2=O)cc1. The van der Waals surface area contributed by atoms with Crippen molar-refractivity contribution in [2.75, 3.05) is 5.32 Å². The van der Waals surface area contributed by atoms with E-state index in [0.29, 0.717) is 16.8 Å². The summed E-state index contributed by atoms with van der Waals surface area (Å²) in [4.78, 5) is 40.4. The van der Waals surface area contributed by atoms with Crippen molar-refractivity contribution in [2.24, 2.45) is 0 Å². The number of hydrogen-bond donors (Lipinski definition) is 1. The highest BCUT2D eigenvalue weighted by atomic mass is 127. The molecule has 0 aromatic heterocycles. The molecule has 1 aliphatic rings. The van der Waals surface area contributed by atoms with Crippen molar-refractivity contribution in [2.45, 2.75) is 19.4 Å². The molecule has 4 rings (SSSR count). The molecule has 0 saturated heterocycles. The minimum atomic E-state index is -0.959. The first-order valence-electron chi connectivity index (χ1n) is 9.53. The van der Waals surface area contributed by atoms with Crippen molar-refractivity contribution < 1.29 is 14.4 Å². The van der Waals surface area contributed by atoms with Crippen molar-refractivity contribution in [3.63, 3.8) is 0 Å². The lowest BCUT2D eigenvalue weighted by Crippen LogP contribution is -2.48. The molecule has 0 saturated carbocycles. The molecule has 30 heavy (non-hydrogen) atoms. The molecule has 1 aliphatic heterocycles. The van der Waals surface area contributed by atoms with Crippen LogP contribution in [0.3, 0.4) is 0 Å². The Morgan fingerprint density at radius 2 is 1.47 bits per heavy atom. The van der Waals surface area contributed by atoms with Gasteiger partial charge >= 0.3 is 0 Å². The smallest absolute Gasteiger partial charge is 0.262 e. The number of carbonyl (C=O) groups excluding carboxylic acids is 3. The molecular formula is C24H19IN2O3. The number of fused-ring (bicyclic) bond motifs is 1. The molecule has 1 atom stereocenters. The Kier molecular flexibility index (Phi) is 5.67. The minimum Gasteiger partial charge on any atom is -0.324 e. The van der Waals surface area contributed by atoms with E-state index in [1.165, 1.54) is 0 Å². The second kappa shape index (κ2) is 8.39. The zero-order valence-electron chi connectivity index (χ0n) is 16.3. The van der Waals surface area contributed by atoms with E-state index in [2.05, 4.69) is 27.9 Å². The highest BCUT2D eigenvalue weighted by Crippen LogP contribution is 2.27. The minimum absolute atomic E-state index is 0.238. The lowest BCUT2D eigenvalue weighted by atomic mass is 10.0. The van der Waals surface area contributed by atoms with E-state index in [4.69, 9.17) is 0 Å². The van der Waals surface area contributed by atoms with Crippen LogP contribution >= 0.6 is 22.6 Å². The second-order valence-electron chi connectivity index (χ2n) is 7.23. The van der Waals surface area contributed by atoms with Crippen molar-refractivity contribution in [1.29, 1.82) is 0 Å². The molecule has 1 heterocycles. The molecule has 5 nitrogen and oxygen atoms in total. The highest BCUT2D eigenvalue weighted by Gasteiger charge is 2.42. The molecule has 150 valence electrons. The van der Waals surface area contributed by atoms with E-state index in [0.717, 1.165) is 19.6 Å². The predicted molar refractivity (Wildman–Crippen MR) is 123 cm³/mol. The molecule has 3 amide bonds. The second-order valence-corrected chi connectivity index (χ2v) is 8.47. The van der Waals surface area contributed by atoms with Crippen molar-refractivity contribution in [3.8, 4) is 0 Å². The Bertz CT molecular complexity index is 1090. The third kappa shape index (κ3) is 4.00. The number of hydrogen-bond acceptors (Lipinski definition) is 3. The fourth-order valence-electron chi connectivity index (χ4n) is 3.50. The van der Waals surface area contributed by atoms with Crippen molar-refractivity contribution in [1.82, 2.24) is 4.90 Å². The van der Waals surface area contributed by atoms with Crippen LogP contribution in [0.2, 0.25) is 0 Å². The molecule has 3 aromatic rings. The van der Waals surface area contributed by atoms with Gasteiger partial charge in [-0.15, -0.1) is 0 Å². The monoisotopic (exact) mass is 510 g/mol. The normalized spacial score (nSPS) is 13.9. The standard InChI is InChI=1S/C24H19IN2O3/c1-15-6-8-16(9-7-15)14-21(22(28)26-18-12-10-17(25)11-13-18)27-23(29)19-4-2-3-5-20(19)24(27)30/h2-13,21H,14H2,1H3,(H,26,28). The Balaban J connectivity index is 1.67. The topological polar surface area (TPSA) is 66.5 Å². The third-order valence-corrected chi connectivity index (χ3v) is 5.82. The summed E-state index contributed by atoms with van der Waals surface area (Å²) < 4.78 is 1.04. The Morgan fingerprint density at radius 1 is 0.900 bits per heavy atom. The molecule has 3 aromatic carbocycles. The number of benzene rings is 3. The summed E-state index contributed by atoms with van der Waals surface area (Å²) in [6, 6.07) is 20.8. The van der Waals surface area contributed by atoms with Crippen LogP contribution in [0.1, 0.15) is 31.8 Å². The van der Waals surface area contributed by atoms with E-state index in [1.807, 2.05) is 43.3 Å². The first-order chi connectivity index (χ1) is 14.4. The van der Waals surface area contributed by atoms with E-state index >= 15 is 0 Å². The van der Waals surface area contributed by atoms with Gasteiger partial charge in [0.1, 0.15) is 6.04 Å². The van der Waals surface area contributed by atoms with Gasteiger partial charge in [0, 0.05) is 15.7 Å². The van der Waals surface area contributed by atoms with E-state index in [-0.39, 0.29) is 6.42 Å². The molecule has 0 bridgehead atoms. The number of halogens is 1. The van der Waals surface area contributed by atoms with Crippen LogP contribution in [-0.4, -0.2) is 28.7 Å². The lowest BCUT2D eigenvalue weighted by molar-refractivity contribution is -0.119. The average Bonchev–Trinajstić information content (AvgIpc) is 3.00. The first-order valence-corrected chi connectivity index (χ1v) is 10.6. The summed E-state index contributed by atoms with van der Waals surface area (Å²) >= 11 is 2.19. The Morgan fingerprint density at radius 3 is 2.03 bits per heavy atom. The molecular weight excluding hydrogens is 491 g/mol. The molecule has 0 radical (unpaired) electrons. The van der Waals surface area contributed by atoms with Gasteiger partial charge in [-0.3, -0.25) is 19.3 Å². The Hall–Kier alpha value is -3.00. The molecule has 0 aliphatic carbocycles. The summed E-state index contributed by atoms with van der Waals surface area (Å²) in [5.74, 6) is -1.28. The van der Waals surface area contributed by atoms with Crippen molar-refractivity contribution in [3.05, 3.63) is 98.6 Å². The molecule has 1 unspecified atom stereocenters. The average molecular weight is 510 g/mol. The molecule has 6 heteroatoms. The van der Waals surface area contributed by atoms with Crippen LogP contribution in [-0.2, 0) is 11.2 Å². The quantitative estimate of drug-likeness (QED) is 0.408. The van der Waals surface area contributed by atoms with Crippen LogP contribution in [0.25, 0.3) is 0 Å². The lowest BCUT2D eigenvalue weighted by Gasteiger charge is -2.25. The maximum Gasteiger partial charge on any atom is 0.262 e. The summed E-state index contributed by atoms with van der Waals surface area (Å²) in [7, 11) is 0. The summed E-state index contributed by atoms with van der Waals surface area (Å²) in [5.41, 5.74) is 3.25. The van der Waals surface area contributed by atoms with E-state index < -0.39 is 23.8 Å². The van der Waals surface area contributed by atoms with Crippen LogP contribution in [0.4, 0.5) is 5.69 Å². The summed E-state index contributed by atoms with van der Waals surface area (Å²) in [6.07, 6.45) is 0.238. The van der Waals surface area contributed by atoms with Crippen LogP contribution in [0, 0.1) is 10.5 Å². The molecule has 0 spiro atoms. The number of aryl methyl sites for hydroxylation is 1. The number of imide groups is 1. The van der Waals surface area contributed by atoms with Gasteiger partial charge < -0.3 is 5.32 Å². The maximum absolute atomic E-state index is 13.2. The van der Waals surface area contributed by atoms with Crippen LogP contribution in [0.15, 0.2) is 72.8 Å². The number of rotatable bonds is 5. The van der Waals surface area contributed by atoms with Gasteiger partial charge in [0.15, 0.2) is 0 Å². The zero-order chi connectivity index (χ0) is 21.3. The number of nitrogens with zero attached hydrogens (tertiary/aromatic N) is 1. The number of carbonyl (C=O) groups is 3. The third-order valence-electron chi connectivity index (χ3n) is 5.10. The van der Waals surface area contributed by atoms with Crippen LogP contribution in [0.5, 0.6) is 0 Å². The van der Waals surface area contributed by atoms with E-state index in [9.17, 15) is 14.4 Å². The van der Waals surface area contributed by atoms with Gasteiger partial charge in [-0.2, -0.15) is 0 Å². The number of amides is 3. The van der Waals surface area contributed by atoms with Gasteiger partial charge in [-0.05, 0) is 71.5 Å². The Labute approximate surface area is 188 Å². The number of nitrogens with one attached hydrogen (secondary N) is 1. The van der Waals surface area contributed by atoms with Gasteiger partial charge in [0.25, 0.3) is 11.8 Å². The highest BCUT2D eigenvalue weighted by molar-refractivity contribution is 14.1. The summed E-state index contributed by atoms with van der Waals surface area (Å²) in [6.45, 7) is 1.98. The van der Waals surface area contributed by atoms with Gasteiger partial charge in [0.05, 0.1) is 11.1 Å². The maximum atomic E-state index is 13.2. The fourth-order valence-corrected chi connectivity index (χ4v) is 3.86. The predicted octanol–water partition coefficient (Wildman–Crippen LogP) is 4.45. The first kappa shape index (κ1) is 20.3. The van der Waals surface area contributed by atoms with Gasteiger partial charge in [-0.25, -0.2) is 0 Å². The van der Waals surface area contributed by atoms with Gasteiger partial charge in [-0.1, -0.05) is 42.0 Å². The van der Waals surface area contributed by atoms with Crippen molar-refractivity contribution >= 4 is 46.0 Å². The fraction of sp³-hybridized carbons (Fsp3) is 0.125. The van der Waals surface area contributed by atoms with Crippen LogP contribution < -0.4 is 5.32 Å². The molecule has 1 N–H and O–H groups in total. The summed E-state index contributed by atoms with van der Waals surface area (Å²) in [5, 5.41) is 2.86. The number of anilines is 1. The zero-order valence-corrected chi connectivity index (χ0v) is 18.4. The molecule has 0 fully saturated rings. The largest absolute Gasteiger partial charge is 0.324 e. The van der Waals surface area contributed by atoms with Gasteiger partial charge in [0.2, 0.25) is 5.91 Å².